The Bertz CT molecular complexity index is 1240. The predicted octanol–water partition coefficient (Wildman–Crippen LogP) is 5.32. The number of ether oxygens (including phenoxy) is 3. The molecule has 0 aromatic heterocycles. The number of rotatable bonds is 11. The van der Waals surface area contributed by atoms with Crippen molar-refractivity contribution in [3.8, 4) is 16.9 Å². The fourth-order valence-corrected chi connectivity index (χ4v) is 3.90. The van der Waals surface area contributed by atoms with Crippen LogP contribution in [0.15, 0.2) is 66.7 Å². The van der Waals surface area contributed by atoms with Gasteiger partial charge in [0.15, 0.2) is 0 Å². The van der Waals surface area contributed by atoms with E-state index in [1.807, 2.05) is 43.3 Å². The van der Waals surface area contributed by atoms with E-state index in [2.05, 4.69) is 0 Å². The Kier molecular flexibility index (Phi) is 9.66. The second-order valence-corrected chi connectivity index (χ2v) is 8.25. The van der Waals surface area contributed by atoms with Gasteiger partial charge in [-0.25, -0.2) is 9.59 Å². The first-order valence-corrected chi connectivity index (χ1v) is 12.0. The van der Waals surface area contributed by atoms with Crippen LogP contribution in [0.5, 0.6) is 5.75 Å². The van der Waals surface area contributed by atoms with Crippen molar-refractivity contribution in [2.45, 2.75) is 33.4 Å². The smallest absolute Gasteiger partial charge is 0.410 e. The van der Waals surface area contributed by atoms with Gasteiger partial charge >= 0.3 is 18.0 Å². The van der Waals surface area contributed by atoms with E-state index < -0.39 is 12.1 Å². The third-order valence-corrected chi connectivity index (χ3v) is 5.77. The zero-order chi connectivity index (χ0) is 26.8. The molecule has 0 atom stereocenters. The van der Waals surface area contributed by atoms with Crippen molar-refractivity contribution >= 4 is 18.0 Å². The monoisotopic (exact) mass is 505 g/mol. The van der Waals surface area contributed by atoms with Crippen molar-refractivity contribution in [2.75, 3.05) is 20.3 Å². The molecule has 0 saturated heterocycles. The lowest BCUT2D eigenvalue weighted by molar-refractivity contribution is -0.142. The zero-order valence-electron chi connectivity index (χ0n) is 21.2. The lowest BCUT2D eigenvalue weighted by Gasteiger charge is -2.23. The number of nitrogens with zero attached hydrogens (tertiary/aromatic N) is 1. The summed E-state index contributed by atoms with van der Waals surface area (Å²) in [4.78, 5) is 38.2. The molecular weight excluding hydrogens is 474 g/mol. The van der Waals surface area contributed by atoms with E-state index in [0.717, 1.165) is 11.1 Å². The first-order chi connectivity index (χ1) is 17.9. The van der Waals surface area contributed by atoms with E-state index >= 15 is 0 Å². The van der Waals surface area contributed by atoms with Gasteiger partial charge in [-0.2, -0.15) is 0 Å². The van der Waals surface area contributed by atoms with Crippen LogP contribution in [0.1, 0.15) is 40.9 Å². The lowest BCUT2D eigenvalue weighted by Crippen LogP contribution is -2.31. The number of aromatic carboxylic acids is 1. The summed E-state index contributed by atoms with van der Waals surface area (Å²) in [5, 5.41) is 9.59. The van der Waals surface area contributed by atoms with Crippen molar-refractivity contribution in [1.29, 1.82) is 0 Å². The second-order valence-electron chi connectivity index (χ2n) is 8.25. The minimum absolute atomic E-state index is 0.0836. The summed E-state index contributed by atoms with van der Waals surface area (Å²) in [6.07, 6.45) is -0.429. The topological polar surface area (TPSA) is 102 Å². The number of amides is 1. The Labute approximate surface area is 216 Å². The summed E-state index contributed by atoms with van der Waals surface area (Å²) in [6, 6.07) is 19.5. The largest absolute Gasteiger partial charge is 0.496 e. The summed E-state index contributed by atoms with van der Waals surface area (Å²) in [6.45, 7) is 4.46. The van der Waals surface area contributed by atoms with Crippen molar-refractivity contribution < 1.29 is 33.7 Å². The Hall–Kier alpha value is -4.33. The molecule has 1 N–H and O–H groups in total. The number of carboxylic acids is 1. The van der Waals surface area contributed by atoms with E-state index in [1.54, 1.807) is 31.2 Å². The molecular formula is C29H31NO7. The molecule has 0 aliphatic rings. The van der Waals surface area contributed by atoms with E-state index in [1.165, 1.54) is 18.1 Å². The maximum Gasteiger partial charge on any atom is 0.410 e. The molecule has 0 spiro atoms. The average Bonchev–Trinajstić information content (AvgIpc) is 2.90. The van der Waals surface area contributed by atoms with E-state index in [0.29, 0.717) is 29.0 Å². The van der Waals surface area contributed by atoms with E-state index in [-0.39, 0.29) is 37.7 Å². The van der Waals surface area contributed by atoms with Crippen LogP contribution in [0.3, 0.4) is 0 Å². The Morgan fingerprint density at radius 3 is 2.27 bits per heavy atom. The third kappa shape index (κ3) is 7.33. The molecule has 0 heterocycles. The number of benzene rings is 3. The molecule has 8 heteroatoms. The van der Waals surface area contributed by atoms with Crippen LogP contribution in [0.4, 0.5) is 4.79 Å². The summed E-state index contributed by atoms with van der Waals surface area (Å²) in [7, 11) is 1.54. The Morgan fingerprint density at radius 2 is 1.62 bits per heavy atom. The predicted molar refractivity (Wildman–Crippen MR) is 138 cm³/mol. The van der Waals surface area contributed by atoms with Crippen LogP contribution >= 0.6 is 0 Å². The molecule has 1 amide bonds. The van der Waals surface area contributed by atoms with Gasteiger partial charge in [-0.3, -0.25) is 4.79 Å². The average molecular weight is 506 g/mol. The highest BCUT2D eigenvalue weighted by atomic mass is 16.6. The van der Waals surface area contributed by atoms with Gasteiger partial charge in [0.1, 0.15) is 12.4 Å². The molecule has 0 bridgehead atoms. The van der Waals surface area contributed by atoms with Gasteiger partial charge < -0.3 is 24.2 Å². The molecule has 0 saturated carbocycles. The minimum atomic E-state index is -1.08. The summed E-state index contributed by atoms with van der Waals surface area (Å²) < 4.78 is 16.1. The maximum atomic E-state index is 12.9. The second kappa shape index (κ2) is 13.1. The molecule has 0 fully saturated rings. The molecule has 3 aromatic rings. The van der Waals surface area contributed by atoms with Crippen molar-refractivity contribution in [3.05, 3.63) is 89.0 Å². The molecule has 37 heavy (non-hydrogen) atoms. The van der Waals surface area contributed by atoms with Gasteiger partial charge in [0.25, 0.3) is 0 Å². The van der Waals surface area contributed by atoms with Crippen molar-refractivity contribution in [2.24, 2.45) is 0 Å². The number of hydrogen-bond donors (Lipinski definition) is 1. The number of carbonyl (C=O) groups is 3. The van der Waals surface area contributed by atoms with Crippen LogP contribution < -0.4 is 4.74 Å². The molecule has 8 nitrogen and oxygen atoms in total. The Balaban J connectivity index is 1.95. The number of carbonyl (C=O) groups excluding carboxylic acids is 2. The number of carboxylic acid groups (broad SMARTS) is 1. The molecule has 3 aromatic carbocycles. The van der Waals surface area contributed by atoms with Crippen molar-refractivity contribution in [1.82, 2.24) is 4.90 Å². The highest BCUT2D eigenvalue weighted by Gasteiger charge is 2.20. The van der Waals surface area contributed by atoms with Gasteiger partial charge in [0.05, 0.1) is 25.7 Å². The van der Waals surface area contributed by atoms with Crippen molar-refractivity contribution in [3.63, 3.8) is 0 Å². The Morgan fingerprint density at radius 1 is 0.865 bits per heavy atom. The van der Waals surface area contributed by atoms with Crippen LogP contribution in [0.2, 0.25) is 0 Å². The third-order valence-electron chi connectivity index (χ3n) is 5.77. The summed E-state index contributed by atoms with van der Waals surface area (Å²) in [5.41, 5.74) is 3.63. The fourth-order valence-electron chi connectivity index (χ4n) is 3.90. The standard InChI is InChI=1S/C29H31NO7/c1-4-30(29(34)37-19-20-9-7-6-8-10-20)18-23-17-22(28(32)33)12-13-24(23)25-15-21(11-14-26(25)35-3)16-27(31)36-5-2/h6-15,17H,4-5,16,18-19H2,1-3H3,(H,32,33). The first-order valence-electron chi connectivity index (χ1n) is 12.0. The quantitative estimate of drug-likeness (QED) is 0.352. The zero-order valence-corrected chi connectivity index (χ0v) is 21.2. The number of hydrogen-bond acceptors (Lipinski definition) is 6. The molecule has 194 valence electrons. The van der Waals surface area contributed by atoms with Crippen LogP contribution in [0, 0.1) is 0 Å². The molecule has 0 aliphatic carbocycles. The molecule has 0 unspecified atom stereocenters. The van der Waals surface area contributed by atoms with E-state index in [4.69, 9.17) is 14.2 Å². The number of esters is 1. The number of methoxy groups -OCH3 is 1. The molecule has 0 aliphatic heterocycles. The molecule has 0 radical (unpaired) electrons. The molecule has 3 rings (SSSR count). The summed E-state index contributed by atoms with van der Waals surface area (Å²) in [5.74, 6) is -0.879. The van der Waals surface area contributed by atoms with Gasteiger partial charge in [-0.15, -0.1) is 0 Å². The van der Waals surface area contributed by atoms with Crippen LogP contribution in [-0.4, -0.2) is 48.3 Å². The van der Waals surface area contributed by atoms with Gasteiger partial charge in [-0.05, 0) is 60.4 Å². The fraction of sp³-hybridized carbons (Fsp3) is 0.276. The summed E-state index contributed by atoms with van der Waals surface area (Å²) >= 11 is 0. The normalized spacial score (nSPS) is 10.5. The van der Waals surface area contributed by atoms with Gasteiger partial charge in [0.2, 0.25) is 0 Å². The SMILES string of the molecule is CCOC(=O)Cc1ccc(OC)c(-c2ccc(C(=O)O)cc2CN(CC)C(=O)OCc2ccccc2)c1. The van der Waals surface area contributed by atoms with Crippen LogP contribution in [0.25, 0.3) is 11.1 Å². The minimum Gasteiger partial charge on any atom is -0.496 e. The van der Waals surface area contributed by atoms with Gasteiger partial charge in [0, 0.05) is 18.7 Å². The highest BCUT2D eigenvalue weighted by molar-refractivity contribution is 5.89. The van der Waals surface area contributed by atoms with Crippen LogP contribution in [-0.2, 0) is 33.8 Å². The van der Waals surface area contributed by atoms with E-state index in [9.17, 15) is 19.5 Å². The first kappa shape index (κ1) is 27.3. The van der Waals surface area contributed by atoms with Gasteiger partial charge in [-0.1, -0.05) is 42.5 Å². The maximum absolute atomic E-state index is 12.9. The highest BCUT2D eigenvalue weighted by Crippen LogP contribution is 2.35. The lowest BCUT2D eigenvalue weighted by atomic mass is 9.94.